The molecule has 1 N–H and O–H groups in total. The molecule has 0 saturated carbocycles. The van der Waals surface area contributed by atoms with Gasteiger partial charge in [-0.3, -0.25) is 5.41 Å². The van der Waals surface area contributed by atoms with Gasteiger partial charge < -0.3 is 4.74 Å². The number of rotatable bonds is 1. The summed E-state index contributed by atoms with van der Waals surface area (Å²) >= 11 is 16.2. The van der Waals surface area contributed by atoms with Crippen molar-refractivity contribution >= 4 is 40.7 Å². The molecule has 0 unspecified atom stereocenters. The smallest absolute Gasteiger partial charge is 0.265 e. The van der Waals surface area contributed by atoms with Crippen molar-refractivity contribution in [3.8, 4) is 11.8 Å². The Balaban J connectivity index is 2.47. The van der Waals surface area contributed by atoms with Gasteiger partial charge in [-0.1, -0.05) is 46.6 Å². The molecular formula is C11H7Cl3FNO. The van der Waals surface area contributed by atoms with Gasteiger partial charge in [0.25, 0.3) is 3.79 Å². The Morgan fingerprint density at radius 1 is 1.29 bits per heavy atom. The van der Waals surface area contributed by atoms with E-state index in [0.717, 1.165) is 0 Å². The molecule has 1 aromatic rings. The summed E-state index contributed by atoms with van der Waals surface area (Å²) in [5.74, 6) is 4.50. The zero-order chi connectivity index (χ0) is 12.9. The maximum absolute atomic E-state index is 12.6. The number of hydrogen-bond donors (Lipinski definition) is 1. The average Bonchev–Trinajstić information content (AvgIpc) is 2.25. The molecule has 0 atom stereocenters. The summed E-state index contributed by atoms with van der Waals surface area (Å²) in [5.41, 5.74) is 0.635. The van der Waals surface area contributed by atoms with Crippen molar-refractivity contribution in [2.45, 2.75) is 3.79 Å². The Morgan fingerprint density at radius 2 is 1.88 bits per heavy atom. The zero-order valence-corrected chi connectivity index (χ0v) is 10.7. The van der Waals surface area contributed by atoms with Gasteiger partial charge in [0.2, 0.25) is 5.90 Å². The average molecular weight is 295 g/mol. The molecule has 0 aromatic heterocycles. The summed E-state index contributed by atoms with van der Waals surface area (Å²) < 4.78 is 15.5. The van der Waals surface area contributed by atoms with E-state index >= 15 is 0 Å². The molecular weight excluding hydrogens is 287 g/mol. The minimum Gasteiger partial charge on any atom is -0.465 e. The van der Waals surface area contributed by atoms with Gasteiger partial charge in [0.1, 0.15) is 5.82 Å². The van der Waals surface area contributed by atoms with Crippen molar-refractivity contribution in [2.24, 2.45) is 0 Å². The van der Waals surface area contributed by atoms with Crippen LogP contribution in [0, 0.1) is 23.1 Å². The molecule has 1 aromatic carbocycles. The lowest BCUT2D eigenvalue weighted by atomic mass is 10.2. The van der Waals surface area contributed by atoms with E-state index in [9.17, 15) is 4.39 Å². The SMILES string of the molecule is N=C(OCC#Cc1ccc(F)cc1)C(Cl)(Cl)Cl. The van der Waals surface area contributed by atoms with Crippen LogP contribution in [0.4, 0.5) is 4.39 Å². The molecule has 0 fully saturated rings. The van der Waals surface area contributed by atoms with Crippen molar-refractivity contribution in [3.63, 3.8) is 0 Å². The molecule has 17 heavy (non-hydrogen) atoms. The fourth-order valence-electron chi connectivity index (χ4n) is 0.861. The molecule has 0 saturated heterocycles. The number of halogens is 4. The van der Waals surface area contributed by atoms with Crippen molar-refractivity contribution in [2.75, 3.05) is 6.61 Å². The molecule has 0 aliphatic heterocycles. The van der Waals surface area contributed by atoms with E-state index in [1.807, 2.05) is 0 Å². The lowest BCUT2D eigenvalue weighted by Gasteiger charge is -2.10. The van der Waals surface area contributed by atoms with Crippen LogP contribution < -0.4 is 0 Å². The van der Waals surface area contributed by atoms with E-state index in [1.54, 1.807) is 0 Å². The molecule has 0 spiro atoms. The highest BCUT2D eigenvalue weighted by molar-refractivity contribution is 6.76. The third-order valence-electron chi connectivity index (χ3n) is 1.62. The van der Waals surface area contributed by atoms with Crippen LogP contribution in [-0.4, -0.2) is 16.3 Å². The molecule has 0 amide bonds. The number of ether oxygens (including phenoxy) is 1. The van der Waals surface area contributed by atoms with Crippen molar-refractivity contribution in [3.05, 3.63) is 35.6 Å². The predicted octanol–water partition coefficient (Wildman–Crippen LogP) is 3.54. The first-order valence-corrected chi connectivity index (χ1v) is 5.56. The lowest BCUT2D eigenvalue weighted by molar-refractivity contribution is 0.347. The van der Waals surface area contributed by atoms with E-state index < -0.39 is 9.69 Å². The minimum absolute atomic E-state index is 0.0792. The second-order valence-corrected chi connectivity index (χ2v) is 5.21. The second-order valence-electron chi connectivity index (χ2n) is 2.92. The van der Waals surface area contributed by atoms with Gasteiger partial charge in [0.15, 0.2) is 6.61 Å². The third-order valence-corrected chi connectivity index (χ3v) is 2.14. The third kappa shape index (κ3) is 5.27. The van der Waals surface area contributed by atoms with Crippen LogP contribution in [0.1, 0.15) is 5.56 Å². The molecule has 2 nitrogen and oxygen atoms in total. The molecule has 0 aliphatic carbocycles. The fraction of sp³-hybridized carbons (Fsp3) is 0.182. The maximum Gasteiger partial charge on any atom is 0.265 e. The van der Waals surface area contributed by atoms with Gasteiger partial charge in [-0.15, -0.1) is 0 Å². The normalized spacial score (nSPS) is 10.4. The number of benzene rings is 1. The Hall–Kier alpha value is -0.950. The highest BCUT2D eigenvalue weighted by Gasteiger charge is 2.28. The predicted molar refractivity (Wildman–Crippen MR) is 67.2 cm³/mol. The van der Waals surface area contributed by atoms with Crippen LogP contribution in [0.5, 0.6) is 0 Å². The van der Waals surface area contributed by atoms with E-state index in [4.69, 9.17) is 44.9 Å². The standard InChI is InChI=1S/C11H7Cl3FNO/c12-11(13,14)10(16)17-7-1-2-8-3-5-9(15)6-4-8/h3-6,16H,7H2. The Bertz CT molecular complexity index is 456. The molecule has 0 bridgehead atoms. The van der Waals surface area contributed by atoms with Crippen LogP contribution in [0.15, 0.2) is 24.3 Å². The summed E-state index contributed by atoms with van der Waals surface area (Å²) in [7, 11) is 0. The lowest BCUT2D eigenvalue weighted by Crippen LogP contribution is -2.21. The molecule has 6 heteroatoms. The van der Waals surface area contributed by atoms with Crippen LogP contribution in [0.3, 0.4) is 0 Å². The highest BCUT2D eigenvalue weighted by atomic mass is 35.6. The molecule has 0 heterocycles. The Morgan fingerprint density at radius 3 is 2.41 bits per heavy atom. The first-order chi connectivity index (χ1) is 7.89. The van der Waals surface area contributed by atoms with Gasteiger partial charge >= 0.3 is 0 Å². The largest absolute Gasteiger partial charge is 0.465 e. The Labute approximate surface area is 113 Å². The van der Waals surface area contributed by atoms with Crippen LogP contribution in [0.2, 0.25) is 0 Å². The Kier molecular flexibility index (Phi) is 5.07. The van der Waals surface area contributed by atoms with Gasteiger partial charge in [-0.05, 0) is 24.3 Å². The first kappa shape index (κ1) is 14.1. The first-order valence-electron chi connectivity index (χ1n) is 4.42. The van der Waals surface area contributed by atoms with E-state index in [1.165, 1.54) is 24.3 Å². The van der Waals surface area contributed by atoms with Gasteiger partial charge in [-0.2, -0.15) is 0 Å². The minimum atomic E-state index is -1.88. The van der Waals surface area contributed by atoms with Crippen LogP contribution in [-0.2, 0) is 4.74 Å². The van der Waals surface area contributed by atoms with E-state index in [2.05, 4.69) is 11.8 Å². The summed E-state index contributed by atoms with van der Waals surface area (Å²) in [5, 5.41) is 7.22. The summed E-state index contributed by atoms with van der Waals surface area (Å²) in [6.07, 6.45) is 0. The summed E-state index contributed by atoms with van der Waals surface area (Å²) in [6.45, 7) is -0.0792. The van der Waals surface area contributed by atoms with Gasteiger partial charge in [-0.25, -0.2) is 4.39 Å². The number of hydrogen-bond acceptors (Lipinski definition) is 2. The fourth-order valence-corrected chi connectivity index (χ4v) is 1.03. The van der Waals surface area contributed by atoms with E-state index in [-0.39, 0.29) is 12.4 Å². The molecule has 0 aliphatic rings. The molecule has 90 valence electrons. The van der Waals surface area contributed by atoms with E-state index in [0.29, 0.717) is 5.56 Å². The molecule has 1 rings (SSSR count). The maximum atomic E-state index is 12.6. The van der Waals surface area contributed by atoms with Crippen molar-refractivity contribution in [1.29, 1.82) is 5.41 Å². The summed E-state index contributed by atoms with van der Waals surface area (Å²) in [6, 6.07) is 5.66. The quantitative estimate of drug-likeness (QED) is 0.365. The topological polar surface area (TPSA) is 33.1 Å². The van der Waals surface area contributed by atoms with Crippen molar-refractivity contribution < 1.29 is 9.13 Å². The van der Waals surface area contributed by atoms with Crippen molar-refractivity contribution in [1.82, 2.24) is 0 Å². The van der Waals surface area contributed by atoms with Crippen LogP contribution in [0.25, 0.3) is 0 Å². The number of alkyl halides is 3. The molecule has 0 radical (unpaired) electrons. The highest BCUT2D eigenvalue weighted by Crippen LogP contribution is 2.27. The van der Waals surface area contributed by atoms with Gasteiger partial charge in [0.05, 0.1) is 0 Å². The monoisotopic (exact) mass is 293 g/mol. The van der Waals surface area contributed by atoms with Gasteiger partial charge in [0, 0.05) is 5.56 Å². The summed E-state index contributed by atoms with van der Waals surface area (Å²) in [4.78, 5) is 0. The second kappa shape index (κ2) is 6.11. The number of nitrogens with one attached hydrogen (secondary N) is 1. The zero-order valence-electron chi connectivity index (χ0n) is 8.44. The van der Waals surface area contributed by atoms with Crippen LogP contribution >= 0.6 is 34.8 Å².